The van der Waals surface area contributed by atoms with E-state index in [0.29, 0.717) is 35.4 Å². The van der Waals surface area contributed by atoms with Gasteiger partial charge in [0, 0.05) is 18.2 Å². The van der Waals surface area contributed by atoms with Gasteiger partial charge >= 0.3 is 0 Å². The first kappa shape index (κ1) is 14.7. The van der Waals surface area contributed by atoms with E-state index in [2.05, 4.69) is 20.7 Å². The number of aromatic amines is 1. The highest BCUT2D eigenvalue weighted by Gasteiger charge is 2.17. The third kappa shape index (κ3) is 3.51. The van der Waals surface area contributed by atoms with Gasteiger partial charge in [0.15, 0.2) is 11.5 Å². The molecule has 7 nitrogen and oxygen atoms in total. The van der Waals surface area contributed by atoms with E-state index in [1.54, 1.807) is 18.3 Å². The zero-order valence-corrected chi connectivity index (χ0v) is 12.9. The second-order valence-corrected chi connectivity index (χ2v) is 6.13. The standard InChI is InChI=1S/C14H16N4O3S/c1-9(22-13-8-15-18-17-13)14(19)16-10-3-4-11-12(7-10)21-6-2-5-20-11/h3-4,7-9H,2,5-6H2,1H3,(H,16,19)(H,15,17,18)/t9-/m1/s1. The lowest BCUT2D eigenvalue weighted by molar-refractivity contribution is -0.115. The fourth-order valence-corrected chi connectivity index (χ4v) is 2.70. The van der Waals surface area contributed by atoms with Crippen LogP contribution in [-0.4, -0.2) is 39.8 Å². The summed E-state index contributed by atoms with van der Waals surface area (Å²) >= 11 is 1.34. The third-order valence-electron chi connectivity index (χ3n) is 3.07. The first-order valence-corrected chi connectivity index (χ1v) is 7.83. The summed E-state index contributed by atoms with van der Waals surface area (Å²) in [7, 11) is 0. The monoisotopic (exact) mass is 320 g/mol. The molecule has 0 saturated heterocycles. The van der Waals surface area contributed by atoms with E-state index in [1.165, 1.54) is 11.8 Å². The van der Waals surface area contributed by atoms with Gasteiger partial charge in [-0.05, 0) is 19.1 Å². The van der Waals surface area contributed by atoms with Gasteiger partial charge in [0.25, 0.3) is 0 Å². The van der Waals surface area contributed by atoms with Crippen molar-refractivity contribution in [2.24, 2.45) is 0 Å². The van der Waals surface area contributed by atoms with Crippen molar-refractivity contribution < 1.29 is 14.3 Å². The summed E-state index contributed by atoms with van der Waals surface area (Å²) in [4.78, 5) is 12.2. The molecule has 0 saturated carbocycles. The molecular formula is C14H16N4O3S. The number of amides is 1. The van der Waals surface area contributed by atoms with E-state index < -0.39 is 0 Å². The SMILES string of the molecule is C[C@@H](Sc1cn[nH]n1)C(=O)Nc1ccc2c(c1)OCCCO2. The minimum atomic E-state index is -0.291. The number of ether oxygens (including phenoxy) is 2. The van der Waals surface area contributed by atoms with Crippen LogP contribution in [0.5, 0.6) is 11.5 Å². The topological polar surface area (TPSA) is 89.1 Å². The van der Waals surface area contributed by atoms with Crippen LogP contribution >= 0.6 is 11.8 Å². The quantitative estimate of drug-likeness (QED) is 0.839. The number of anilines is 1. The molecule has 1 aromatic heterocycles. The summed E-state index contributed by atoms with van der Waals surface area (Å²) < 4.78 is 11.2. The molecule has 2 heterocycles. The van der Waals surface area contributed by atoms with Crippen molar-refractivity contribution in [3.05, 3.63) is 24.4 Å². The summed E-state index contributed by atoms with van der Waals surface area (Å²) in [6, 6.07) is 5.40. The van der Waals surface area contributed by atoms with Crippen LogP contribution in [0.1, 0.15) is 13.3 Å². The fraction of sp³-hybridized carbons (Fsp3) is 0.357. The summed E-state index contributed by atoms with van der Waals surface area (Å²) in [6.45, 7) is 3.07. The van der Waals surface area contributed by atoms with Crippen LogP contribution in [0.2, 0.25) is 0 Å². The molecule has 8 heteroatoms. The van der Waals surface area contributed by atoms with Crippen molar-refractivity contribution in [2.45, 2.75) is 23.6 Å². The Bertz CT molecular complexity index is 648. The minimum absolute atomic E-state index is 0.109. The highest BCUT2D eigenvalue weighted by molar-refractivity contribution is 8.00. The van der Waals surface area contributed by atoms with Gasteiger partial charge in [-0.1, -0.05) is 11.8 Å². The highest BCUT2D eigenvalue weighted by atomic mass is 32.2. The van der Waals surface area contributed by atoms with Gasteiger partial charge in [0.1, 0.15) is 5.03 Å². The predicted molar refractivity (Wildman–Crippen MR) is 82.4 cm³/mol. The Morgan fingerprint density at radius 1 is 1.36 bits per heavy atom. The van der Waals surface area contributed by atoms with Gasteiger partial charge in [-0.25, -0.2) is 0 Å². The number of nitrogens with one attached hydrogen (secondary N) is 2. The summed E-state index contributed by atoms with van der Waals surface area (Å²) in [5, 5.41) is 13.4. The van der Waals surface area contributed by atoms with E-state index >= 15 is 0 Å². The molecule has 1 aliphatic rings. The lowest BCUT2D eigenvalue weighted by Crippen LogP contribution is -2.22. The summed E-state index contributed by atoms with van der Waals surface area (Å²) in [5.41, 5.74) is 0.682. The smallest absolute Gasteiger partial charge is 0.237 e. The summed E-state index contributed by atoms with van der Waals surface area (Å²) in [6.07, 6.45) is 2.43. The maximum atomic E-state index is 12.2. The molecule has 1 amide bonds. The lowest BCUT2D eigenvalue weighted by Gasteiger charge is -2.13. The highest BCUT2D eigenvalue weighted by Crippen LogP contribution is 2.32. The van der Waals surface area contributed by atoms with Crippen molar-refractivity contribution in [3.63, 3.8) is 0 Å². The van der Waals surface area contributed by atoms with Gasteiger partial charge in [-0.15, -0.1) is 5.10 Å². The molecule has 0 bridgehead atoms. The van der Waals surface area contributed by atoms with Crippen molar-refractivity contribution in [2.75, 3.05) is 18.5 Å². The van der Waals surface area contributed by atoms with Gasteiger partial charge in [-0.3, -0.25) is 4.79 Å². The van der Waals surface area contributed by atoms with Crippen molar-refractivity contribution in [1.29, 1.82) is 0 Å². The van der Waals surface area contributed by atoms with Crippen LogP contribution in [-0.2, 0) is 4.79 Å². The Balaban J connectivity index is 1.64. The van der Waals surface area contributed by atoms with Gasteiger partial charge in [0.2, 0.25) is 5.91 Å². The van der Waals surface area contributed by atoms with Crippen LogP contribution < -0.4 is 14.8 Å². The molecule has 0 unspecified atom stereocenters. The number of nitrogens with zero attached hydrogens (tertiary/aromatic N) is 2. The minimum Gasteiger partial charge on any atom is -0.490 e. The number of hydrogen-bond donors (Lipinski definition) is 2. The molecule has 0 radical (unpaired) electrons. The molecule has 116 valence electrons. The lowest BCUT2D eigenvalue weighted by atomic mass is 10.2. The molecule has 1 aliphatic heterocycles. The number of carbonyl (C=O) groups is 1. The van der Waals surface area contributed by atoms with E-state index in [4.69, 9.17) is 9.47 Å². The zero-order valence-electron chi connectivity index (χ0n) is 12.0. The molecule has 2 N–H and O–H groups in total. The zero-order chi connectivity index (χ0) is 15.4. The van der Waals surface area contributed by atoms with E-state index in [0.717, 1.165) is 6.42 Å². The van der Waals surface area contributed by atoms with Gasteiger partial charge < -0.3 is 14.8 Å². The van der Waals surface area contributed by atoms with Gasteiger partial charge in [-0.2, -0.15) is 10.3 Å². The molecule has 22 heavy (non-hydrogen) atoms. The Kier molecular flexibility index (Phi) is 4.47. The Morgan fingerprint density at radius 3 is 2.95 bits per heavy atom. The first-order chi connectivity index (χ1) is 10.7. The Hall–Kier alpha value is -2.22. The number of H-pyrrole nitrogens is 1. The molecule has 0 aliphatic carbocycles. The summed E-state index contributed by atoms with van der Waals surface area (Å²) in [5.74, 6) is 1.26. The molecule has 1 aromatic carbocycles. The first-order valence-electron chi connectivity index (χ1n) is 6.95. The number of thioether (sulfide) groups is 1. The number of fused-ring (bicyclic) bond motifs is 1. The van der Waals surface area contributed by atoms with Crippen molar-refractivity contribution in [1.82, 2.24) is 15.4 Å². The van der Waals surface area contributed by atoms with Crippen LogP contribution in [0.3, 0.4) is 0 Å². The number of hydrogen-bond acceptors (Lipinski definition) is 6. The van der Waals surface area contributed by atoms with Crippen LogP contribution in [0, 0.1) is 0 Å². The molecule has 1 atom stereocenters. The van der Waals surface area contributed by atoms with Crippen LogP contribution in [0.25, 0.3) is 0 Å². The number of aromatic nitrogens is 3. The van der Waals surface area contributed by atoms with E-state index in [9.17, 15) is 4.79 Å². The average Bonchev–Trinajstić information content (AvgIpc) is 2.90. The largest absolute Gasteiger partial charge is 0.490 e. The van der Waals surface area contributed by atoms with Crippen molar-refractivity contribution >= 4 is 23.4 Å². The molecule has 0 spiro atoms. The molecule has 3 rings (SSSR count). The number of carbonyl (C=O) groups excluding carboxylic acids is 1. The maximum absolute atomic E-state index is 12.2. The predicted octanol–water partition coefficient (Wildman–Crippen LogP) is 2.09. The Morgan fingerprint density at radius 2 is 2.18 bits per heavy atom. The maximum Gasteiger partial charge on any atom is 0.237 e. The fourth-order valence-electron chi connectivity index (χ4n) is 1.97. The second-order valence-electron chi connectivity index (χ2n) is 4.77. The van der Waals surface area contributed by atoms with E-state index in [-0.39, 0.29) is 11.2 Å². The van der Waals surface area contributed by atoms with Crippen molar-refractivity contribution in [3.8, 4) is 11.5 Å². The van der Waals surface area contributed by atoms with Gasteiger partial charge in [0.05, 0.1) is 24.7 Å². The molecule has 0 fully saturated rings. The third-order valence-corrected chi connectivity index (χ3v) is 4.08. The average molecular weight is 320 g/mol. The normalized spacial score (nSPS) is 15.0. The number of rotatable bonds is 4. The van der Waals surface area contributed by atoms with Crippen LogP contribution in [0.4, 0.5) is 5.69 Å². The number of benzene rings is 1. The molecular weight excluding hydrogens is 304 g/mol. The molecule has 2 aromatic rings. The van der Waals surface area contributed by atoms with E-state index in [1.807, 2.05) is 13.0 Å². The van der Waals surface area contributed by atoms with Crippen LogP contribution in [0.15, 0.2) is 29.4 Å². The Labute approximate surface area is 131 Å². The second kappa shape index (κ2) is 6.69.